The molecule has 0 bridgehead atoms. The van der Waals surface area contributed by atoms with Crippen molar-refractivity contribution in [2.45, 2.75) is 13.0 Å². The smallest absolute Gasteiger partial charge is 0.359 e. The molecule has 1 heterocycles. The highest BCUT2D eigenvalue weighted by Crippen LogP contribution is 2.20. The van der Waals surface area contributed by atoms with Gasteiger partial charge in [0.15, 0.2) is 5.69 Å². The lowest BCUT2D eigenvalue weighted by atomic mass is 10.1. The minimum Gasteiger partial charge on any atom is -0.453 e. The lowest BCUT2D eigenvalue weighted by Crippen LogP contribution is -2.09. The molecule has 5 nitrogen and oxygen atoms in total. The zero-order chi connectivity index (χ0) is 17.8. The molecule has 0 saturated heterocycles. The van der Waals surface area contributed by atoms with Gasteiger partial charge in [0.05, 0.1) is 11.6 Å². The molecule has 0 fully saturated rings. The summed E-state index contributed by atoms with van der Waals surface area (Å²) in [6.07, 6.45) is 2.73. The molecule has 0 N–H and O–H groups in total. The predicted molar refractivity (Wildman–Crippen MR) is 96.3 cm³/mol. The minimum absolute atomic E-state index is 0.228. The Balaban J connectivity index is 1.73. The van der Waals surface area contributed by atoms with E-state index in [1.807, 2.05) is 30.3 Å². The fraction of sp³-hybridized carbons (Fsp3) is 0.105. The number of carbonyl (C=O) groups is 1. The van der Waals surface area contributed by atoms with Crippen LogP contribution in [-0.2, 0) is 4.74 Å². The van der Waals surface area contributed by atoms with Gasteiger partial charge < -0.3 is 9.30 Å². The van der Waals surface area contributed by atoms with Crippen LogP contribution in [0.25, 0.3) is 5.69 Å². The highest BCUT2D eigenvalue weighted by atomic mass is 79.9. The summed E-state index contributed by atoms with van der Waals surface area (Å²) in [5.74, 6) is -0.509. The van der Waals surface area contributed by atoms with E-state index in [0.29, 0.717) is 5.56 Å². The quantitative estimate of drug-likeness (QED) is 0.612. The molecule has 6 heteroatoms. The van der Waals surface area contributed by atoms with Gasteiger partial charge in [-0.15, -0.1) is 0 Å². The molecule has 1 aromatic heterocycles. The molecule has 0 aliphatic carbocycles. The van der Waals surface area contributed by atoms with Gasteiger partial charge in [-0.2, -0.15) is 5.26 Å². The first kappa shape index (κ1) is 16.9. The number of benzene rings is 2. The Kier molecular flexibility index (Phi) is 4.96. The Bertz CT molecular complexity index is 942. The van der Waals surface area contributed by atoms with Gasteiger partial charge in [0.2, 0.25) is 0 Å². The van der Waals surface area contributed by atoms with Crippen LogP contribution < -0.4 is 0 Å². The molecule has 0 saturated carbocycles. The second kappa shape index (κ2) is 7.32. The van der Waals surface area contributed by atoms with E-state index >= 15 is 0 Å². The molecule has 3 aromatic rings. The summed E-state index contributed by atoms with van der Waals surface area (Å²) < 4.78 is 8.19. The molecule has 25 heavy (non-hydrogen) atoms. The molecule has 1 unspecified atom stereocenters. The molecule has 0 spiro atoms. The minimum atomic E-state index is -0.509. The zero-order valence-electron chi connectivity index (χ0n) is 13.4. The monoisotopic (exact) mass is 395 g/mol. The molecule has 0 radical (unpaired) electrons. The molecular formula is C19H14BrN3O2. The Morgan fingerprint density at radius 3 is 2.76 bits per heavy atom. The van der Waals surface area contributed by atoms with Crippen molar-refractivity contribution in [3.63, 3.8) is 0 Å². The van der Waals surface area contributed by atoms with E-state index in [1.165, 1.54) is 0 Å². The number of esters is 1. The lowest BCUT2D eigenvalue weighted by Gasteiger charge is -2.12. The van der Waals surface area contributed by atoms with E-state index in [4.69, 9.17) is 10.00 Å². The number of halogens is 1. The standard InChI is InChI=1S/C19H14BrN3O2/c1-13(15-4-2-3-14(9-15)10-21)25-19(24)18-11-23(12-22-18)17-7-5-16(20)6-8-17/h2-9,11-13H,1H3. The van der Waals surface area contributed by atoms with Gasteiger partial charge in [0.1, 0.15) is 12.4 Å². The topological polar surface area (TPSA) is 67.9 Å². The summed E-state index contributed by atoms with van der Waals surface area (Å²) >= 11 is 3.39. The summed E-state index contributed by atoms with van der Waals surface area (Å²) in [7, 11) is 0. The van der Waals surface area contributed by atoms with E-state index in [9.17, 15) is 4.79 Å². The van der Waals surface area contributed by atoms with Crippen molar-refractivity contribution in [2.24, 2.45) is 0 Å². The van der Waals surface area contributed by atoms with E-state index < -0.39 is 12.1 Å². The van der Waals surface area contributed by atoms with Gasteiger partial charge in [-0.05, 0) is 48.9 Å². The Hall–Kier alpha value is -2.91. The predicted octanol–water partition coefficient (Wildman–Crippen LogP) is 4.42. The second-order valence-electron chi connectivity index (χ2n) is 5.43. The maximum absolute atomic E-state index is 12.3. The van der Waals surface area contributed by atoms with Crippen molar-refractivity contribution in [2.75, 3.05) is 0 Å². The van der Waals surface area contributed by atoms with Gasteiger partial charge in [-0.3, -0.25) is 0 Å². The fourth-order valence-electron chi connectivity index (χ4n) is 2.33. The molecule has 0 amide bonds. The Morgan fingerprint density at radius 1 is 1.28 bits per heavy atom. The highest BCUT2D eigenvalue weighted by Gasteiger charge is 2.16. The molecule has 0 aliphatic rings. The first-order valence-electron chi connectivity index (χ1n) is 7.58. The number of aromatic nitrogens is 2. The largest absolute Gasteiger partial charge is 0.453 e. The van der Waals surface area contributed by atoms with E-state index in [1.54, 1.807) is 42.2 Å². The van der Waals surface area contributed by atoms with E-state index in [-0.39, 0.29) is 5.69 Å². The SMILES string of the molecule is CC(OC(=O)c1cn(-c2ccc(Br)cc2)cn1)c1cccc(C#N)c1. The van der Waals surface area contributed by atoms with Crippen LogP contribution in [0.4, 0.5) is 0 Å². The third-order valence-electron chi connectivity index (χ3n) is 3.69. The molecular weight excluding hydrogens is 382 g/mol. The van der Waals surface area contributed by atoms with Crippen molar-refractivity contribution in [3.8, 4) is 11.8 Å². The van der Waals surface area contributed by atoms with Crippen LogP contribution in [0.2, 0.25) is 0 Å². The number of hydrogen-bond donors (Lipinski definition) is 0. The van der Waals surface area contributed by atoms with Crippen molar-refractivity contribution < 1.29 is 9.53 Å². The van der Waals surface area contributed by atoms with Crippen LogP contribution >= 0.6 is 15.9 Å². The maximum Gasteiger partial charge on any atom is 0.359 e. The average Bonchev–Trinajstić information content (AvgIpc) is 3.12. The van der Waals surface area contributed by atoms with Crippen LogP contribution in [0.15, 0.2) is 65.5 Å². The molecule has 124 valence electrons. The van der Waals surface area contributed by atoms with Gasteiger partial charge in [0.25, 0.3) is 0 Å². The van der Waals surface area contributed by atoms with Crippen molar-refractivity contribution >= 4 is 21.9 Å². The number of ether oxygens (including phenoxy) is 1. The number of rotatable bonds is 4. The number of nitrogens with zero attached hydrogens (tertiary/aromatic N) is 3. The van der Waals surface area contributed by atoms with Crippen LogP contribution in [-0.4, -0.2) is 15.5 Å². The first-order valence-corrected chi connectivity index (χ1v) is 8.37. The number of carbonyl (C=O) groups excluding carboxylic acids is 1. The first-order chi connectivity index (χ1) is 12.1. The van der Waals surface area contributed by atoms with Crippen molar-refractivity contribution in [1.82, 2.24) is 9.55 Å². The lowest BCUT2D eigenvalue weighted by molar-refractivity contribution is 0.0331. The van der Waals surface area contributed by atoms with Gasteiger partial charge in [-0.1, -0.05) is 28.1 Å². The molecule has 0 aliphatic heterocycles. The fourth-order valence-corrected chi connectivity index (χ4v) is 2.60. The normalized spacial score (nSPS) is 11.6. The average molecular weight is 396 g/mol. The highest BCUT2D eigenvalue weighted by molar-refractivity contribution is 9.10. The summed E-state index contributed by atoms with van der Waals surface area (Å²) in [6, 6.07) is 16.7. The van der Waals surface area contributed by atoms with Gasteiger partial charge >= 0.3 is 5.97 Å². The summed E-state index contributed by atoms with van der Waals surface area (Å²) in [6.45, 7) is 1.76. The van der Waals surface area contributed by atoms with Crippen LogP contribution in [0.1, 0.15) is 34.6 Å². The number of nitriles is 1. The summed E-state index contributed by atoms with van der Waals surface area (Å²) in [4.78, 5) is 16.4. The van der Waals surface area contributed by atoms with Gasteiger partial charge in [0, 0.05) is 16.4 Å². The molecule has 1 atom stereocenters. The van der Waals surface area contributed by atoms with Crippen molar-refractivity contribution in [1.29, 1.82) is 5.26 Å². The summed E-state index contributed by atoms with van der Waals surface area (Å²) in [5.41, 5.74) is 2.41. The number of imidazole rings is 1. The molecule has 3 rings (SSSR count). The summed E-state index contributed by atoms with van der Waals surface area (Å²) in [5, 5.41) is 8.96. The molecule has 2 aromatic carbocycles. The second-order valence-corrected chi connectivity index (χ2v) is 6.34. The third-order valence-corrected chi connectivity index (χ3v) is 4.21. The Labute approximate surface area is 153 Å². The zero-order valence-corrected chi connectivity index (χ0v) is 15.0. The van der Waals surface area contributed by atoms with E-state index in [0.717, 1.165) is 15.7 Å². The van der Waals surface area contributed by atoms with E-state index in [2.05, 4.69) is 27.0 Å². The maximum atomic E-state index is 12.3. The van der Waals surface area contributed by atoms with Crippen molar-refractivity contribution in [3.05, 3.63) is 82.3 Å². The van der Waals surface area contributed by atoms with Crippen LogP contribution in [0, 0.1) is 11.3 Å². The number of hydrogen-bond acceptors (Lipinski definition) is 4. The Morgan fingerprint density at radius 2 is 2.04 bits per heavy atom. The van der Waals surface area contributed by atoms with Gasteiger partial charge in [-0.25, -0.2) is 9.78 Å². The van der Waals surface area contributed by atoms with Crippen LogP contribution in [0.3, 0.4) is 0 Å². The van der Waals surface area contributed by atoms with Crippen LogP contribution in [0.5, 0.6) is 0 Å². The third kappa shape index (κ3) is 3.95.